The number of hydrogen-bond donors (Lipinski definition) is 2. The highest BCUT2D eigenvalue weighted by Gasteiger charge is 2.07. The van der Waals surface area contributed by atoms with Gasteiger partial charge in [-0.25, -0.2) is 0 Å². The van der Waals surface area contributed by atoms with Gasteiger partial charge in [-0.15, -0.1) is 0 Å². The number of nitrogens with zero attached hydrogens (tertiary/aromatic N) is 3. The van der Waals surface area contributed by atoms with E-state index < -0.39 is 0 Å². The molecule has 1 aromatic rings. The van der Waals surface area contributed by atoms with Crippen molar-refractivity contribution in [3.05, 3.63) is 0 Å². The average Bonchev–Trinajstić information content (AvgIpc) is 2.37. The molecule has 0 spiro atoms. The van der Waals surface area contributed by atoms with Gasteiger partial charge in [0.1, 0.15) is 0 Å². The predicted octanol–water partition coefficient (Wildman–Crippen LogP) is 2.69. The summed E-state index contributed by atoms with van der Waals surface area (Å²) in [5, 5.41) is 6.12. The molecular formula is C13H25N5O. The lowest BCUT2D eigenvalue weighted by atomic mass is 10.2. The standard InChI is InChI=1S/C13H25N5O/c1-5-6-7-8-9-15-12-16-11(14-4)17-13(18-12)19-10(2)3/h10H,5-9H2,1-4H3,(H2,14,15,16,17,18). The molecular weight excluding hydrogens is 242 g/mol. The van der Waals surface area contributed by atoms with Crippen LogP contribution in [0.3, 0.4) is 0 Å². The largest absolute Gasteiger partial charge is 0.461 e. The maximum absolute atomic E-state index is 5.50. The van der Waals surface area contributed by atoms with Crippen molar-refractivity contribution in [1.29, 1.82) is 0 Å². The van der Waals surface area contributed by atoms with Crippen LogP contribution in [0.25, 0.3) is 0 Å². The van der Waals surface area contributed by atoms with Crippen molar-refractivity contribution in [2.45, 2.75) is 52.6 Å². The van der Waals surface area contributed by atoms with Crippen molar-refractivity contribution in [2.24, 2.45) is 0 Å². The van der Waals surface area contributed by atoms with Crippen molar-refractivity contribution < 1.29 is 4.74 Å². The quantitative estimate of drug-likeness (QED) is 0.670. The average molecular weight is 267 g/mol. The zero-order chi connectivity index (χ0) is 14.1. The first-order chi connectivity index (χ1) is 9.15. The monoisotopic (exact) mass is 267 g/mol. The van der Waals surface area contributed by atoms with Gasteiger partial charge in [0.2, 0.25) is 11.9 Å². The minimum Gasteiger partial charge on any atom is -0.461 e. The summed E-state index contributed by atoms with van der Waals surface area (Å²) < 4.78 is 5.50. The molecule has 0 aromatic carbocycles. The highest BCUT2D eigenvalue weighted by Crippen LogP contribution is 2.12. The Morgan fingerprint density at radius 2 is 1.79 bits per heavy atom. The number of anilines is 2. The third-order valence-electron chi connectivity index (χ3n) is 2.49. The fourth-order valence-electron chi connectivity index (χ4n) is 1.56. The summed E-state index contributed by atoms with van der Waals surface area (Å²) in [6, 6.07) is 0.352. The highest BCUT2D eigenvalue weighted by molar-refractivity contribution is 5.35. The van der Waals surface area contributed by atoms with E-state index in [-0.39, 0.29) is 6.10 Å². The van der Waals surface area contributed by atoms with E-state index >= 15 is 0 Å². The molecule has 1 aromatic heterocycles. The molecule has 0 fully saturated rings. The van der Waals surface area contributed by atoms with Crippen LogP contribution >= 0.6 is 0 Å². The maximum atomic E-state index is 5.50. The molecule has 19 heavy (non-hydrogen) atoms. The minimum atomic E-state index is 0.0458. The molecule has 6 nitrogen and oxygen atoms in total. The van der Waals surface area contributed by atoms with E-state index in [0.29, 0.717) is 17.9 Å². The molecule has 1 rings (SSSR count). The van der Waals surface area contributed by atoms with E-state index in [1.165, 1.54) is 19.3 Å². The summed E-state index contributed by atoms with van der Waals surface area (Å²) in [6.45, 7) is 6.96. The van der Waals surface area contributed by atoms with Crippen LogP contribution in [0.5, 0.6) is 6.01 Å². The van der Waals surface area contributed by atoms with Gasteiger partial charge in [0.05, 0.1) is 6.10 Å². The maximum Gasteiger partial charge on any atom is 0.323 e. The molecule has 0 amide bonds. The van der Waals surface area contributed by atoms with Gasteiger partial charge in [0.25, 0.3) is 0 Å². The second-order valence-electron chi connectivity index (χ2n) is 4.67. The zero-order valence-corrected chi connectivity index (χ0v) is 12.4. The number of hydrogen-bond acceptors (Lipinski definition) is 6. The Hall–Kier alpha value is -1.59. The molecule has 6 heteroatoms. The molecule has 108 valence electrons. The Morgan fingerprint density at radius 1 is 1.05 bits per heavy atom. The third-order valence-corrected chi connectivity index (χ3v) is 2.49. The summed E-state index contributed by atoms with van der Waals surface area (Å²) in [5.74, 6) is 1.08. The second-order valence-corrected chi connectivity index (χ2v) is 4.67. The first-order valence-electron chi connectivity index (χ1n) is 7.00. The van der Waals surface area contributed by atoms with Gasteiger partial charge in [-0.2, -0.15) is 15.0 Å². The summed E-state index contributed by atoms with van der Waals surface area (Å²) in [6.07, 6.45) is 4.90. The van der Waals surface area contributed by atoms with Crippen LogP contribution in [0.1, 0.15) is 46.5 Å². The van der Waals surface area contributed by atoms with Gasteiger partial charge in [-0.1, -0.05) is 26.2 Å². The third kappa shape index (κ3) is 6.22. The second kappa shape index (κ2) is 8.50. The molecule has 0 aliphatic heterocycles. The van der Waals surface area contributed by atoms with E-state index in [1.54, 1.807) is 7.05 Å². The minimum absolute atomic E-state index is 0.0458. The fraction of sp³-hybridized carbons (Fsp3) is 0.769. The molecule has 0 aliphatic rings. The number of ether oxygens (including phenoxy) is 1. The van der Waals surface area contributed by atoms with Gasteiger partial charge < -0.3 is 15.4 Å². The number of rotatable bonds is 9. The summed E-state index contributed by atoms with van der Waals surface area (Å²) in [5.41, 5.74) is 0. The molecule has 2 N–H and O–H groups in total. The molecule has 0 atom stereocenters. The molecule has 0 unspecified atom stereocenters. The van der Waals surface area contributed by atoms with Crippen LogP contribution in [0, 0.1) is 0 Å². The number of aromatic nitrogens is 3. The molecule has 0 saturated heterocycles. The fourth-order valence-corrected chi connectivity index (χ4v) is 1.56. The zero-order valence-electron chi connectivity index (χ0n) is 12.4. The van der Waals surface area contributed by atoms with Gasteiger partial charge in [0, 0.05) is 13.6 Å². The van der Waals surface area contributed by atoms with Gasteiger partial charge >= 0.3 is 6.01 Å². The Kier molecular flexibility index (Phi) is 6.92. The van der Waals surface area contributed by atoms with Crippen molar-refractivity contribution >= 4 is 11.9 Å². The normalized spacial score (nSPS) is 10.6. The topological polar surface area (TPSA) is 72.0 Å². The lowest BCUT2D eigenvalue weighted by Crippen LogP contribution is -2.13. The molecule has 0 saturated carbocycles. The van der Waals surface area contributed by atoms with Crippen LogP contribution in [0.15, 0.2) is 0 Å². The van der Waals surface area contributed by atoms with Crippen molar-refractivity contribution in [3.63, 3.8) is 0 Å². The SMILES string of the molecule is CCCCCCNc1nc(NC)nc(OC(C)C)n1. The van der Waals surface area contributed by atoms with Crippen LogP contribution < -0.4 is 15.4 Å². The highest BCUT2D eigenvalue weighted by atomic mass is 16.5. The van der Waals surface area contributed by atoms with E-state index in [9.17, 15) is 0 Å². The Morgan fingerprint density at radius 3 is 2.42 bits per heavy atom. The lowest BCUT2D eigenvalue weighted by Gasteiger charge is -2.11. The van der Waals surface area contributed by atoms with E-state index in [1.807, 2.05) is 13.8 Å². The summed E-state index contributed by atoms with van der Waals surface area (Å²) >= 11 is 0. The molecule has 0 bridgehead atoms. The Labute approximate surface area is 115 Å². The first-order valence-corrected chi connectivity index (χ1v) is 7.00. The van der Waals surface area contributed by atoms with E-state index in [4.69, 9.17) is 4.74 Å². The van der Waals surface area contributed by atoms with Crippen molar-refractivity contribution in [3.8, 4) is 6.01 Å². The summed E-state index contributed by atoms with van der Waals surface area (Å²) in [4.78, 5) is 12.7. The van der Waals surface area contributed by atoms with Crippen molar-refractivity contribution in [2.75, 3.05) is 24.2 Å². The van der Waals surface area contributed by atoms with Gasteiger partial charge in [-0.05, 0) is 20.3 Å². The molecule has 0 aliphatic carbocycles. The van der Waals surface area contributed by atoms with E-state index in [2.05, 4.69) is 32.5 Å². The number of nitrogens with one attached hydrogen (secondary N) is 2. The first kappa shape index (κ1) is 15.5. The Balaban J connectivity index is 2.55. The Bertz CT molecular complexity index is 370. The van der Waals surface area contributed by atoms with Crippen LogP contribution in [-0.2, 0) is 0 Å². The van der Waals surface area contributed by atoms with Crippen LogP contribution in [0.2, 0.25) is 0 Å². The summed E-state index contributed by atoms with van der Waals surface area (Å²) in [7, 11) is 1.78. The van der Waals surface area contributed by atoms with Gasteiger partial charge in [-0.3, -0.25) is 0 Å². The van der Waals surface area contributed by atoms with Gasteiger partial charge in [0.15, 0.2) is 0 Å². The van der Waals surface area contributed by atoms with Crippen LogP contribution in [-0.4, -0.2) is 34.6 Å². The van der Waals surface area contributed by atoms with E-state index in [0.717, 1.165) is 13.0 Å². The molecule has 0 radical (unpaired) electrons. The predicted molar refractivity (Wildman–Crippen MR) is 77.8 cm³/mol. The smallest absolute Gasteiger partial charge is 0.323 e. The molecule has 1 heterocycles. The van der Waals surface area contributed by atoms with Crippen LogP contribution in [0.4, 0.5) is 11.9 Å². The van der Waals surface area contributed by atoms with Crippen molar-refractivity contribution in [1.82, 2.24) is 15.0 Å². The lowest BCUT2D eigenvalue weighted by molar-refractivity contribution is 0.222. The number of unbranched alkanes of at least 4 members (excludes halogenated alkanes) is 3.